The van der Waals surface area contributed by atoms with Crippen LogP contribution in [-0.4, -0.2) is 44.5 Å². The predicted octanol–water partition coefficient (Wildman–Crippen LogP) is 0.400. The van der Waals surface area contributed by atoms with E-state index in [1.807, 2.05) is 17.5 Å². The number of carbonyl (C=O) groups excluding carboxylic acids is 1. The third-order valence-electron chi connectivity index (χ3n) is 4.40. The molecule has 0 saturated heterocycles. The standard InChI is InChI=1S/C16H19N3O5S/c1-8(20)24-7-9-5-11(14(22)13(9)21)19-6-10(12-3-2-4-25-12)15(17)18-16(19)23/h2-4,6,9,11,13-14,21-22H,5,7H2,1H3,(H2,17,18,23)/t9-,11-,13+,14-/m1/s1. The van der Waals surface area contributed by atoms with Gasteiger partial charge in [0, 0.05) is 23.9 Å². The Bertz CT molecular complexity index is 820. The van der Waals surface area contributed by atoms with Gasteiger partial charge in [0.05, 0.1) is 24.3 Å². The van der Waals surface area contributed by atoms with Crippen molar-refractivity contribution in [2.45, 2.75) is 31.6 Å². The molecular formula is C16H19N3O5S. The number of hydrogen-bond acceptors (Lipinski definition) is 8. The maximum absolute atomic E-state index is 12.3. The predicted molar refractivity (Wildman–Crippen MR) is 92.0 cm³/mol. The molecule has 134 valence electrons. The summed E-state index contributed by atoms with van der Waals surface area (Å²) >= 11 is 1.46. The van der Waals surface area contributed by atoms with Crippen LogP contribution in [0.25, 0.3) is 10.4 Å². The number of rotatable bonds is 4. The number of nitrogens with two attached hydrogens (primary N) is 1. The van der Waals surface area contributed by atoms with Crippen molar-refractivity contribution in [3.63, 3.8) is 0 Å². The molecule has 0 aromatic carbocycles. The lowest BCUT2D eigenvalue weighted by Crippen LogP contribution is -2.35. The lowest BCUT2D eigenvalue weighted by molar-refractivity contribution is -0.143. The fourth-order valence-corrected chi connectivity index (χ4v) is 3.85. The normalized spacial score (nSPS) is 25.9. The van der Waals surface area contributed by atoms with Gasteiger partial charge in [0.1, 0.15) is 11.9 Å². The van der Waals surface area contributed by atoms with Crippen molar-refractivity contribution in [2.75, 3.05) is 12.3 Å². The smallest absolute Gasteiger partial charge is 0.349 e. The van der Waals surface area contributed by atoms with E-state index in [0.29, 0.717) is 5.56 Å². The Kier molecular flexibility index (Phi) is 4.89. The number of esters is 1. The summed E-state index contributed by atoms with van der Waals surface area (Å²) in [4.78, 5) is 27.9. The van der Waals surface area contributed by atoms with Crippen molar-refractivity contribution in [3.05, 3.63) is 34.2 Å². The molecule has 0 amide bonds. The average molecular weight is 365 g/mol. The summed E-state index contributed by atoms with van der Waals surface area (Å²) in [6.45, 7) is 1.26. The van der Waals surface area contributed by atoms with Gasteiger partial charge in [-0.05, 0) is 17.9 Å². The van der Waals surface area contributed by atoms with Crippen LogP contribution >= 0.6 is 11.3 Å². The summed E-state index contributed by atoms with van der Waals surface area (Å²) < 4.78 is 6.23. The molecule has 9 heteroatoms. The molecule has 4 atom stereocenters. The van der Waals surface area contributed by atoms with E-state index in [9.17, 15) is 19.8 Å². The number of nitrogen functional groups attached to an aromatic ring is 1. The second-order valence-electron chi connectivity index (χ2n) is 6.05. The quantitative estimate of drug-likeness (QED) is 0.669. The molecule has 1 aliphatic carbocycles. The number of aromatic nitrogens is 2. The van der Waals surface area contributed by atoms with E-state index in [2.05, 4.69) is 4.98 Å². The van der Waals surface area contributed by atoms with E-state index < -0.39 is 35.8 Å². The molecule has 0 radical (unpaired) electrons. The highest BCUT2D eigenvalue weighted by Crippen LogP contribution is 2.36. The number of carbonyl (C=O) groups is 1. The van der Waals surface area contributed by atoms with E-state index in [4.69, 9.17) is 10.5 Å². The number of ether oxygens (including phenoxy) is 1. The monoisotopic (exact) mass is 365 g/mol. The Balaban J connectivity index is 1.92. The van der Waals surface area contributed by atoms with Crippen LogP contribution in [0.3, 0.4) is 0 Å². The third-order valence-corrected chi connectivity index (χ3v) is 5.30. The van der Waals surface area contributed by atoms with Crippen molar-refractivity contribution in [3.8, 4) is 10.4 Å². The van der Waals surface area contributed by atoms with Crippen LogP contribution in [0.15, 0.2) is 28.5 Å². The zero-order chi connectivity index (χ0) is 18.1. The summed E-state index contributed by atoms with van der Waals surface area (Å²) in [5.74, 6) is -0.803. The van der Waals surface area contributed by atoms with Crippen LogP contribution in [0, 0.1) is 5.92 Å². The lowest BCUT2D eigenvalue weighted by atomic mass is 10.1. The molecule has 0 spiro atoms. The van der Waals surface area contributed by atoms with Crippen molar-refractivity contribution in [1.29, 1.82) is 0 Å². The topological polar surface area (TPSA) is 128 Å². The van der Waals surface area contributed by atoms with Gasteiger partial charge in [-0.2, -0.15) is 4.98 Å². The van der Waals surface area contributed by atoms with E-state index in [1.54, 1.807) is 6.20 Å². The number of aliphatic hydroxyl groups is 2. The van der Waals surface area contributed by atoms with Gasteiger partial charge in [-0.3, -0.25) is 9.36 Å². The van der Waals surface area contributed by atoms with Crippen molar-refractivity contribution in [1.82, 2.24) is 9.55 Å². The molecule has 1 aliphatic rings. The Morgan fingerprint density at radius 2 is 2.24 bits per heavy atom. The Labute approximate surface area is 147 Å². The van der Waals surface area contributed by atoms with Crippen LogP contribution in [0.2, 0.25) is 0 Å². The van der Waals surface area contributed by atoms with Crippen LogP contribution < -0.4 is 11.4 Å². The number of nitrogens with zero attached hydrogens (tertiary/aromatic N) is 2. The Morgan fingerprint density at radius 3 is 2.88 bits per heavy atom. The molecule has 2 heterocycles. The van der Waals surface area contributed by atoms with Crippen molar-refractivity contribution in [2.24, 2.45) is 5.92 Å². The molecule has 8 nitrogen and oxygen atoms in total. The van der Waals surface area contributed by atoms with Crippen LogP contribution in [0.5, 0.6) is 0 Å². The summed E-state index contributed by atoms with van der Waals surface area (Å²) in [5, 5.41) is 22.4. The molecule has 0 unspecified atom stereocenters. The van der Waals surface area contributed by atoms with Gasteiger partial charge in [-0.15, -0.1) is 11.3 Å². The van der Waals surface area contributed by atoms with Crippen LogP contribution in [0.1, 0.15) is 19.4 Å². The van der Waals surface area contributed by atoms with Crippen LogP contribution in [-0.2, 0) is 9.53 Å². The molecule has 1 saturated carbocycles. The molecule has 2 aromatic rings. The van der Waals surface area contributed by atoms with E-state index in [-0.39, 0.29) is 18.8 Å². The zero-order valence-corrected chi connectivity index (χ0v) is 14.3. The summed E-state index contributed by atoms with van der Waals surface area (Å²) in [7, 11) is 0. The largest absolute Gasteiger partial charge is 0.465 e. The summed E-state index contributed by atoms with van der Waals surface area (Å²) in [6.07, 6.45) is -0.421. The van der Waals surface area contributed by atoms with Gasteiger partial charge in [0.2, 0.25) is 0 Å². The maximum Gasteiger partial charge on any atom is 0.349 e. The Hall–Kier alpha value is -2.23. The number of anilines is 1. The highest BCUT2D eigenvalue weighted by molar-refractivity contribution is 7.13. The number of hydrogen-bond donors (Lipinski definition) is 3. The summed E-state index contributed by atoms with van der Waals surface area (Å²) in [6, 6.07) is 3.05. The maximum atomic E-state index is 12.3. The lowest BCUT2D eigenvalue weighted by Gasteiger charge is -2.19. The minimum atomic E-state index is -1.17. The molecule has 3 rings (SSSR count). The van der Waals surface area contributed by atoms with E-state index >= 15 is 0 Å². The molecule has 25 heavy (non-hydrogen) atoms. The fraction of sp³-hybridized carbons (Fsp3) is 0.438. The fourth-order valence-electron chi connectivity index (χ4n) is 3.11. The highest BCUT2D eigenvalue weighted by Gasteiger charge is 2.43. The average Bonchev–Trinajstić information content (AvgIpc) is 3.17. The Morgan fingerprint density at radius 1 is 1.48 bits per heavy atom. The first-order chi connectivity index (χ1) is 11.9. The SMILES string of the molecule is CC(=O)OC[C@H]1C[C@@H](n2cc(-c3cccs3)c(N)nc2=O)[C@@H](O)[C@H]1O. The molecule has 0 aliphatic heterocycles. The second-order valence-corrected chi connectivity index (χ2v) is 7.00. The molecule has 4 N–H and O–H groups in total. The van der Waals surface area contributed by atoms with E-state index in [0.717, 1.165) is 4.88 Å². The molecule has 2 aromatic heterocycles. The minimum Gasteiger partial charge on any atom is -0.465 e. The van der Waals surface area contributed by atoms with Gasteiger partial charge in [-0.1, -0.05) is 6.07 Å². The second kappa shape index (κ2) is 6.95. The van der Waals surface area contributed by atoms with Gasteiger partial charge < -0.3 is 20.7 Å². The highest BCUT2D eigenvalue weighted by atomic mass is 32.1. The number of thiophene rings is 1. The zero-order valence-electron chi connectivity index (χ0n) is 13.5. The molecule has 0 bridgehead atoms. The first kappa shape index (κ1) is 17.6. The van der Waals surface area contributed by atoms with Gasteiger partial charge in [-0.25, -0.2) is 4.79 Å². The molecule has 1 fully saturated rings. The third kappa shape index (κ3) is 3.44. The van der Waals surface area contributed by atoms with Crippen molar-refractivity contribution < 1.29 is 19.7 Å². The van der Waals surface area contributed by atoms with Gasteiger partial charge >= 0.3 is 11.7 Å². The van der Waals surface area contributed by atoms with E-state index in [1.165, 1.54) is 22.8 Å². The number of aliphatic hydroxyl groups excluding tert-OH is 2. The molecular weight excluding hydrogens is 346 g/mol. The van der Waals surface area contributed by atoms with Crippen LogP contribution in [0.4, 0.5) is 5.82 Å². The summed E-state index contributed by atoms with van der Waals surface area (Å²) in [5.41, 5.74) is 5.87. The van der Waals surface area contributed by atoms with Gasteiger partial charge in [0.25, 0.3) is 0 Å². The van der Waals surface area contributed by atoms with Crippen molar-refractivity contribution >= 4 is 23.1 Å². The minimum absolute atomic E-state index is 0.0149. The van der Waals surface area contributed by atoms with Gasteiger partial charge in [0.15, 0.2) is 0 Å². The first-order valence-corrected chi connectivity index (χ1v) is 8.68. The first-order valence-electron chi connectivity index (χ1n) is 7.80.